The molecule has 4 N–H and O–H groups in total. The number of aliphatic hydroxyl groups excluding tert-OH is 1. The number of amides is 1. The molecule has 0 aromatic heterocycles. The molecule has 0 heterocycles. The Balaban J connectivity index is 1.94. The van der Waals surface area contributed by atoms with Gasteiger partial charge in [0.05, 0.1) is 6.10 Å². The molecule has 1 unspecified atom stereocenters. The minimum atomic E-state index is -0.744. The number of nitrogens with one attached hydrogen (secondary N) is 1. The van der Waals surface area contributed by atoms with Crippen LogP contribution in [0, 0.1) is 5.82 Å². The fourth-order valence-corrected chi connectivity index (χ4v) is 1.77. The van der Waals surface area contributed by atoms with E-state index in [0.717, 1.165) is 5.69 Å². The largest absolute Gasteiger partial charge is 0.387 e. The predicted octanol–water partition coefficient (Wildman–Crippen LogP) is 2.07. The molecule has 0 aliphatic rings. The lowest BCUT2D eigenvalue weighted by atomic mass is 10.1. The minimum absolute atomic E-state index is 0.279. The van der Waals surface area contributed by atoms with Crippen molar-refractivity contribution in [2.45, 2.75) is 6.10 Å². The zero-order chi connectivity index (χ0) is 14.5. The molecule has 0 spiro atoms. The molecular weight excluding hydrogens is 259 g/mol. The van der Waals surface area contributed by atoms with Gasteiger partial charge in [0, 0.05) is 17.8 Å². The van der Waals surface area contributed by atoms with Crippen LogP contribution < -0.4 is 11.1 Å². The standard InChI is InChI=1S/C15H15FN2O2/c16-12-5-1-10(2-6-12)14(19)9-18-13-7-3-11(4-8-13)15(17)20/h1-8,14,18-19H,9H2,(H2,17,20). The molecule has 0 aliphatic heterocycles. The molecule has 0 aliphatic carbocycles. The third kappa shape index (κ3) is 3.55. The fraction of sp³-hybridized carbons (Fsp3) is 0.133. The number of carbonyl (C=O) groups excluding carboxylic acids is 1. The normalized spacial score (nSPS) is 11.9. The monoisotopic (exact) mass is 274 g/mol. The molecule has 104 valence electrons. The third-order valence-electron chi connectivity index (χ3n) is 2.92. The molecule has 20 heavy (non-hydrogen) atoms. The molecule has 2 rings (SSSR count). The summed E-state index contributed by atoms with van der Waals surface area (Å²) in [6.45, 7) is 0.279. The summed E-state index contributed by atoms with van der Waals surface area (Å²) in [6.07, 6.45) is -0.744. The summed E-state index contributed by atoms with van der Waals surface area (Å²) in [5.41, 5.74) is 6.96. The first-order chi connectivity index (χ1) is 9.56. The van der Waals surface area contributed by atoms with Crippen LogP contribution in [-0.2, 0) is 0 Å². The first kappa shape index (κ1) is 14.0. The van der Waals surface area contributed by atoms with Crippen LogP contribution in [0.15, 0.2) is 48.5 Å². The highest BCUT2D eigenvalue weighted by atomic mass is 19.1. The number of halogens is 1. The average molecular weight is 274 g/mol. The van der Waals surface area contributed by atoms with Crippen LogP contribution in [0.5, 0.6) is 0 Å². The van der Waals surface area contributed by atoms with Gasteiger partial charge in [0.25, 0.3) is 0 Å². The summed E-state index contributed by atoms with van der Waals surface area (Å²) in [6, 6.07) is 12.3. The van der Waals surface area contributed by atoms with Crippen molar-refractivity contribution in [3.05, 3.63) is 65.5 Å². The van der Waals surface area contributed by atoms with E-state index in [1.54, 1.807) is 24.3 Å². The topological polar surface area (TPSA) is 75.4 Å². The van der Waals surface area contributed by atoms with Gasteiger partial charge in [-0.15, -0.1) is 0 Å². The third-order valence-corrected chi connectivity index (χ3v) is 2.92. The number of hydrogen-bond donors (Lipinski definition) is 3. The average Bonchev–Trinajstić information content (AvgIpc) is 2.46. The number of carbonyl (C=O) groups is 1. The molecule has 0 bridgehead atoms. The quantitative estimate of drug-likeness (QED) is 0.781. The highest BCUT2D eigenvalue weighted by molar-refractivity contribution is 5.93. The van der Waals surface area contributed by atoms with Crippen LogP contribution in [0.25, 0.3) is 0 Å². The summed E-state index contributed by atoms with van der Waals surface area (Å²) in [5.74, 6) is -0.821. The smallest absolute Gasteiger partial charge is 0.248 e. The highest BCUT2D eigenvalue weighted by Gasteiger charge is 2.07. The van der Waals surface area contributed by atoms with E-state index in [1.165, 1.54) is 24.3 Å². The molecule has 1 atom stereocenters. The Bertz CT molecular complexity index is 582. The molecule has 0 saturated carbocycles. The van der Waals surface area contributed by atoms with Crippen LogP contribution in [0.3, 0.4) is 0 Å². The van der Waals surface area contributed by atoms with Crippen LogP contribution >= 0.6 is 0 Å². The van der Waals surface area contributed by atoms with E-state index in [1.807, 2.05) is 0 Å². The van der Waals surface area contributed by atoms with Gasteiger partial charge in [-0.25, -0.2) is 4.39 Å². The van der Waals surface area contributed by atoms with Gasteiger partial charge in [-0.3, -0.25) is 4.79 Å². The molecule has 2 aromatic carbocycles. The Hall–Kier alpha value is -2.40. The van der Waals surface area contributed by atoms with Crippen LogP contribution in [0.2, 0.25) is 0 Å². The first-order valence-corrected chi connectivity index (χ1v) is 6.13. The van der Waals surface area contributed by atoms with Crippen molar-refractivity contribution in [1.29, 1.82) is 0 Å². The van der Waals surface area contributed by atoms with Gasteiger partial charge >= 0.3 is 0 Å². The van der Waals surface area contributed by atoms with Gasteiger partial charge < -0.3 is 16.2 Å². The summed E-state index contributed by atoms with van der Waals surface area (Å²) in [7, 11) is 0. The SMILES string of the molecule is NC(=O)c1ccc(NCC(O)c2ccc(F)cc2)cc1. The van der Waals surface area contributed by atoms with Crippen molar-refractivity contribution in [1.82, 2.24) is 0 Å². The van der Waals surface area contributed by atoms with E-state index < -0.39 is 12.0 Å². The number of nitrogens with two attached hydrogens (primary N) is 1. The Labute approximate surface area is 116 Å². The van der Waals surface area contributed by atoms with E-state index in [2.05, 4.69) is 5.32 Å². The number of anilines is 1. The van der Waals surface area contributed by atoms with E-state index >= 15 is 0 Å². The summed E-state index contributed by atoms with van der Waals surface area (Å²) in [5, 5.41) is 13.0. The summed E-state index contributed by atoms with van der Waals surface area (Å²) < 4.78 is 12.8. The maximum absolute atomic E-state index is 12.8. The Morgan fingerprint density at radius 1 is 1.15 bits per heavy atom. The lowest BCUT2D eigenvalue weighted by Gasteiger charge is -2.13. The minimum Gasteiger partial charge on any atom is -0.387 e. The number of aliphatic hydroxyl groups is 1. The Morgan fingerprint density at radius 2 is 1.75 bits per heavy atom. The van der Waals surface area contributed by atoms with Crippen molar-refractivity contribution in [2.24, 2.45) is 5.73 Å². The van der Waals surface area contributed by atoms with Crippen molar-refractivity contribution in [3.8, 4) is 0 Å². The number of rotatable bonds is 5. The molecule has 4 nitrogen and oxygen atoms in total. The highest BCUT2D eigenvalue weighted by Crippen LogP contribution is 2.15. The molecule has 0 saturated heterocycles. The molecule has 5 heteroatoms. The maximum atomic E-state index is 12.8. The van der Waals surface area contributed by atoms with Crippen molar-refractivity contribution < 1.29 is 14.3 Å². The first-order valence-electron chi connectivity index (χ1n) is 6.13. The number of primary amides is 1. The van der Waals surface area contributed by atoms with Gasteiger partial charge in [-0.2, -0.15) is 0 Å². The van der Waals surface area contributed by atoms with E-state index in [0.29, 0.717) is 11.1 Å². The van der Waals surface area contributed by atoms with Gasteiger partial charge in [-0.05, 0) is 42.0 Å². The Kier molecular flexibility index (Phi) is 4.32. The van der Waals surface area contributed by atoms with Gasteiger partial charge in [0.1, 0.15) is 5.82 Å². The maximum Gasteiger partial charge on any atom is 0.248 e. The molecule has 0 fully saturated rings. The van der Waals surface area contributed by atoms with Gasteiger partial charge in [-0.1, -0.05) is 12.1 Å². The van der Waals surface area contributed by atoms with E-state index in [4.69, 9.17) is 5.73 Å². The molecule has 1 amide bonds. The summed E-state index contributed by atoms with van der Waals surface area (Å²) >= 11 is 0. The van der Waals surface area contributed by atoms with E-state index in [9.17, 15) is 14.3 Å². The van der Waals surface area contributed by atoms with Crippen LogP contribution in [-0.4, -0.2) is 17.6 Å². The van der Waals surface area contributed by atoms with Crippen LogP contribution in [0.1, 0.15) is 22.0 Å². The second-order valence-corrected chi connectivity index (χ2v) is 4.39. The molecular formula is C15H15FN2O2. The lowest BCUT2D eigenvalue weighted by molar-refractivity contribution is 0.100. The van der Waals surface area contributed by atoms with Crippen molar-refractivity contribution in [2.75, 3.05) is 11.9 Å². The van der Waals surface area contributed by atoms with Crippen molar-refractivity contribution in [3.63, 3.8) is 0 Å². The number of hydrogen-bond acceptors (Lipinski definition) is 3. The summed E-state index contributed by atoms with van der Waals surface area (Å²) in [4.78, 5) is 10.9. The molecule has 2 aromatic rings. The fourth-order valence-electron chi connectivity index (χ4n) is 1.77. The van der Waals surface area contributed by atoms with Gasteiger partial charge in [0.2, 0.25) is 5.91 Å². The van der Waals surface area contributed by atoms with Crippen molar-refractivity contribution >= 4 is 11.6 Å². The second kappa shape index (κ2) is 6.16. The lowest BCUT2D eigenvalue weighted by Crippen LogP contribution is -2.13. The predicted molar refractivity (Wildman–Crippen MR) is 74.8 cm³/mol. The number of benzene rings is 2. The van der Waals surface area contributed by atoms with Crippen LogP contribution in [0.4, 0.5) is 10.1 Å². The molecule has 0 radical (unpaired) electrons. The van der Waals surface area contributed by atoms with E-state index in [-0.39, 0.29) is 12.4 Å². The Morgan fingerprint density at radius 3 is 2.30 bits per heavy atom. The van der Waals surface area contributed by atoms with Gasteiger partial charge in [0.15, 0.2) is 0 Å². The zero-order valence-corrected chi connectivity index (χ0v) is 10.7. The zero-order valence-electron chi connectivity index (χ0n) is 10.7. The second-order valence-electron chi connectivity index (χ2n) is 4.39.